The molecule has 17 heavy (non-hydrogen) atoms. The first-order valence-electron chi connectivity index (χ1n) is 5.82. The van der Waals surface area contributed by atoms with Gasteiger partial charge in [0.25, 0.3) is 0 Å². The highest BCUT2D eigenvalue weighted by Crippen LogP contribution is 2.18. The van der Waals surface area contributed by atoms with Crippen molar-refractivity contribution in [3.63, 3.8) is 0 Å². The summed E-state index contributed by atoms with van der Waals surface area (Å²) < 4.78 is 6.83. The minimum atomic E-state index is -0.289. The van der Waals surface area contributed by atoms with E-state index in [0.717, 1.165) is 23.2 Å². The molecule has 0 aliphatic heterocycles. The molecule has 2 heterocycles. The van der Waals surface area contributed by atoms with E-state index >= 15 is 0 Å². The molecular weight excluding hydrogens is 216 g/mol. The van der Waals surface area contributed by atoms with Gasteiger partial charge in [0.1, 0.15) is 5.56 Å². The zero-order valence-corrected chi connectivity index (χ0v) is 10.4. The molecule has 0 saturated heterocycles. The van der Waals surface area contributed by atoms with Crippen LogP contribution in [0.3, 0.4) is 0 Å². The largest absolute Gasteiger partial charge is 0.462 e. The second-order valence-corrected chi connectivity index (χ2v) is 3.93. The summed E-state index contributed by atoms with van der Waals surface area (Å²) in [6.07, 6.45) is 2.63. The van der Waals surface area contributed by atoms with E-state index in [1.165, 1.54) is 0 Å². The van der Waals surface area contributed by atoms with Crippen LogP contribution in [0.1, 0.15) is 35.5 Å². The number of aromatic nitrogens is 2. The van der Waals surface area contributed by atoms with Crippen LogP contribution in [0.5, 0.6) is 0 Å². The van der Waals surface area contributed by atoms with E-state index in [9.17, 15) is 4.79 Å². The highest BCUT2D eigenvalue weighted by atomic mass is 16.5. The van der Waals surface area contributed by atoms with Crippen LogP contribution in [0.4, 0.5) is 0 Å². The Morgan fingerprint density at radius 3 is 2.82 bits per heavy atom. The van der Waals surface area contributed by atoms with Gasteiger partial charge in [-0.1, -0.05) is 13.0 Å². The van der Waals surface area contributed by atoms with Gasteiger partial charge in [0, 0.05) is 6.20 Å². The van der Waals surface area contributed by atoms with Gasteiger partial charge in [-0.3, -0.25) is 0 Å². The van der Waals surface area contributed by atoms with E-state index in [-0.39, 0.29) is 5.97 Å². The molecule has 2 aromatic heterocycles. The quantitative estimate of drug-likeness (QED) is 0.763. The summed E-state index contributed by atoms with van der Waals surface area (Å²) in [5.41, 5.74) is 3.30. The summed E-state index contributed by atoms with van der Waals surface area (Å²) in [6.45, 7) is 6.17. The summed E-state index contributed by atoms with van der Waals surface area (Å²) >= 11 is 0. The van der Waals surface area contributed by atoms with E-state index in [1.807, 2.05) is 32.2 Å². The second kappa shape index (κ2) is 4.57. The number of hydrogen-bond donors (Lipinski definition) is 0. The molecule has 2 rings (SSSR count). The molecule has 0 N–H and O–H groups in total. The Hall–Kier alpha value is -1.84. The summed E-state index contributed by atoms with van der Waals surface area (Å²) in [7, 11) is 0. The van der Waals surface area contributed by atoms with Crippen LogP contribution in [-0.4, -0.2) is 22.2 Å². The number of nitrogens with zero attached hydrogens (tertiary/aromatic N) is 2. The molecule has 2 aromatic rings. The van der Waals surface area contributed by atoms with Gasteiger partial charge < -0.3 is 4.74 Å². The number of fused-ring (bicyclic) bond motifs is 1. The van der Waals surface area contributed by atoms with E-state index < -0.39 is 0 Å². The van der Waals surface area contributed by atoms with Gasteiger partial charge in [-0.2, -0.15) is 5.10 Å². The fourth-order valence-electron chi connectivity index (χ4n) is 1.87. The summed E-state index contributed by atoms with van der Waals surface area (Å²) in [5.74, 6) is -0.289. The minimum Gasteiger partial charge on any atom is -0.462 e. The third-order valence-corrected chi connectivity index (χ3v) is 2.66. The number of rotatable bonds is 3. The molecule has 90 valence electrons. The zero-order chi connectivity index (χ0) is 12.4. The molecule has 4 nitrogen and oxygen atoms in total. The number of aryl methyl sites for hydroxylation is 2. The molecule has 0 radical (unpaired) electrons. The Kier molecular flexibility index (Phi) is 3.13. The van der Waals surface area contributed by atoms with Crippen molar-refractivity contribution in [2.75, 3.05) is 6.61 Å². The number of hydrogen-bond acceptors (Lipinski definition) is 3. The lowest BCUT2D eigenvalue weighted by atomic mass is 10.1. The lowest BCUT2D eigenvalue weighted by Crippen LogP contribution is -2.06. The van der Waals surface area contributed by atoms with Crippen LogP contribution in [-0.2, 0) is 11.2 Å². The molecule has 4 heteroatoms. The van der Waals surface area contributed by atoms with Crippen molar-refractivity contribution in [3.05, 3.63) is 35.2 Å². The number of pyridine rings is 1. The van der Waals surface area contributed by atoms with Crippen LogP contribution in [0.2, 0.25) is 0 Å². The summed E-state index contributed by atoms with van der Waals surface area (Å²) in [4.78, 5) is 11.9. The molecular formula is C13H16N2O2. The van der Waals surface area contributed by atoms with E-state index in [1.54, 1.807) is 11.4 Å². The van der Waals surface area contributed by atoms with Crippen molar-refractivity contribution < 1.29 is 9.53 Å². The first-order chi connectivity index (χ1) is 8.17. The first-order valence-corrected chi connectivity index (χ1v) is 5.82. The average molecular weight is 232 g/mol. The topological polar surface area (TPSA) is 43.6 Å². The van der Waals surface area contributed by atoms with Crippen molar-refractivity contribution in [3.8, 4) is 0 Å². The predicted molar refractivity (Wildman–Crippen MR) is 65.3 cm³/mol. The highest BCUT2D eigenvalue weighted by Gasteiger charge is 2.19. The fourth-order valence-corrected chi connectivity index (χ4v) is 1.87. The molecule has 0 aliphatic rings. The van der Waals surface area contributed by atoms with Crippen LogP contribution in [0.25, 0.3) is 5.52 Å². The van der Waals surface area contributed by atoms with Gasteiger partial charge in [-0.15, -0.1) is 0 Å². The number of esters is 1. The summed E-state index contributed by atoms with van der Waals surface area (Å²) in [5, 5.41) is 4.41. The van der Waals surface area contributed by atoms with Crippen LogP contribution in [0.15, 0.2) is 18.3 Å². The maximum absolute atomic E-state index is 11.9. The molecule has 0 saturated carbocycles. The smallest absolute Gasteiger partial charge is 0.342 e. The zero-order valence-electron chi connectivity index (χ0n) is 10.4. The number of carbonyl (C=O) groups is 1. The van der Waals surface area contributed by atoms with E-state index in [0.29, 0.717) is 12.2 Å². The molecule has 0 aromatic carbocycles. The van der Waals surface area contributed by atoms with Gasteiger partial charge >= 0.3 is 5.97 Å². The van der Waals surface area contributed by atoms with Gasteiger partial charge in [-0.25, -0.2) is 9.31 Å². The van der Waals surface area contributed by atoms with E-state index in [4.69, 9.17) is 4.74 Å². The standard InChI is InChI=1S/C13H16N2O2/c1-4-10-12(13(16)17-5-2)11-7-6-9(3)8-15(11)14-10/h6-8H,4-5H2,1-3H3. The van der Waals surface area contributed by atoms with Crippen molar-refractivity contribution in [2.24, 2.45) is 0 Å². The Bertz CT molecular complexity index is 558. The summed E-state index contributed by atoms with van der Waals surface area (Å²) in [6, 6.07) is 3.88. The van der Waals surface area contributed by atoms with Gasteiger partial charge in [0.05, 0.1) is 17.8 Å². The van der Waals surface area contributed by atoms with Gasteiger partial charge in [-0.05, 0) is 31.9 Å². The van der Waals surface area contributed by atoms with Crippen molar-refractivity contribution in [1.82, 2.24) is 9.61 Å². The maximum Gasteiger partial charge on any atom is 0.342 e. The Balaban J connectivity index is 2.62. The molecule has 0 unspecified atom stereocenters. The molecule has 0 bridgehead atoms. The third-order valence-electron chi connectivity index (χ3n) is 2.66. The SMILES string of the molecule is CCOC(=O)c1c(CC)nn2cc(C)ccc12. The lowest BCUT2D eigenvalue weighted by molar-refractivity contribution is 0.0527. The molecule has 0 amide bonds. The van der Waals surface area contributed by atoms with Gasteiger partial charge in [0.15, 0.2) is 0 Å². The normalized spacial score (nSPS) is 10.8. The van der Waals surface area contributed by atoms with Crippen LogP contribution in [0, 0.1) is 6.92 Å². The number of ether oxygens (including phenoxy) is 1. The second-order valence-electron chi connectivity index (χ2n) is 3.93. The maximum atomic E-state index is 11.9. The Morgan fingerprint density at radius 2 is 2.18 bits per heavy atom. The predicted octanol–water partition coefficient (Wildman–Crippen LogP) is 2.38. The minimum absolute atomic E-state index is 0.289. The molecule has 0 atom stereocenters. The van der Waals surface area contributed by atoms with Gasteiger partial charge in [0.2, 0.25) is 0 Å². The molecule has 0 spiro atoms. The fraction of sp³-hybridized carbons (Fsp3) is 0.385. The number of carbonyl (C=O) groups excluding carboxylic acids is 1. The average Bonchev–Trinajstić information content (AvgIpc) is 2.66. The van der Waals surface area contributed by atoms with Crippen molar-refractivity contribution in [2.45, 2.75) is 27.2 Å². The Labute approximate surface area is 100 Å². The monoisotopic (exact) mass is 232 g/mol. The van der Waals surface area contributed by atoms with Crippen molar-refractivity contribution in [1.29, 1.82) is 0 Å². The third kappa shape index (κ3) is 2.02. The molecule has 0 aliphatic carbocycles. The highest BCUT2D eigenvalue weighted by molar-refractivity contribution is 5.98. The van der Waals surface area contributed by atoms with Crippen LogP contribution >= 0.6 is 0 Å². The lowest BCUT2D eigenvalue weighted by Gasteiger charge is -2.01. The first kappa shape index (κ1) is 11.6. The van der Waals surface area contributed by atoms with Crippen LogP contribution < -0.4 is 0 Å². The molecule has 0 fully saturated rings. The Morgan fingerprint density at radius 1 is 1.41 bits per heavy atom. The van der Waals surface area contributed by atoms with Crippen molar-refractivity contribution >= 4 is 11.5 Å². The van der Waals surface area contributed by atoms with E-state index in [2.05, 4.69) is 5.10 Å².